The van der Waals surface area contributed by atoms with Gasteiger partial charge in [-0.2, -0.15) is 15.3 Å². The van der Waals surface area contributed by atoms with Gasteiger partial charge in [0.25, 0.3) is 0 Å². The van der Waals surface area contributed by atoms with E-state index in [1.165, 1.54) is 10.5 Å². The van der Waals surface area contributed by atoms with Crippen molar-refractivity contribution in [2.24, 2.45) is 21.1 Å². The lowest BCUT2D eigenvalue weighted by Gasteiger charge is -2.22. The maximum absolute atomic E-state index is 13.1. The smallest absolute Gasteiger partial charge is 0.247 e. The van der Waals surface area contributed by atoms with Gasteiger partial charge in [-0.25, -0.2) is 8.78 Å². The number of likely N-dealkylation sites (N-methyl/N-ethyl adjacent to an activating group) is 1. The van der Waals surface area contributed by atoms with E-state index in [4.69, 9.17) is 0 Å². The van der Waals surface area contributed by atoms with E-state index in [-0.39, 0.29) is 50.4 Å². The van der Waals surface area contributed by atoms with Crippen molar-refractivity contribution in [1.82, 2.24) is 47.9 Å². The number of carbonyl (C=O) groups excluding carboxylic acids is 3. The summed E-state index contributed by atoms with van der Waals surface area (Å²) in [5.41, 5.74) is 12.6. The highest BCUT2D eigenvalue weighted by Gasteiger charge is 2.23. The molecule has 0 unspecified atom stereocenters. The highest BCUT2D eigenvalue weighted by Crippen LogP contribution is 2.32. The first kappa shape index (κ1) is 55.4. The number of aromatic nitrogens is 9. The molecule has 17 heteroatoms. The number of nitrogens with zero attached hydrogens (tertiary/aromatic N) is 12. The Hall–Kier alpha value is -9.38. The Morgan fingerprint density at radius 3 is 1.27 bits per heavy atom. The molecule has 0 aliphatic rings. The van der Waals surface area contributed by atoms with Gasteiger partial charge in [-0.05, 0) is 55.0 Å². The number of anilines is 2. The third kappa shape index (κ3) is 11.3. The van der Waals surface area contributed by atoms with Gasteiger partial charge in [0, 0.05) is 68.8 Å². The van der Waals surface area contributed by atoms with Crippen LogP contribution in [0.4, 0.5) is 20.2 Å². The predicted molar refractivity (Wildman–Crippen MR) is 317 cm³/mol. The van der Waals surface area contributed by atoms with Crippen LogP contribution in [0.25, 0.3) is 65.8 Å². The summed E-state index contributed by atoms with van der Waals surface area (Å²) in [5.74, 6) is -0.223. The third-order valence-electron chi connectivity index (χ3n) is 14.3. The first-order valence-electron chi connectivity index (χ1n) is 26.7. The molecule has 15 nitrogen and oxygen atoms in total. The molecule has 0 radical (unpaired) electrons. The second kappa shape index (κ2) is 25.0. The number of benzene rings is 6. The molecule has 6 heterocycles. The molecule has 410 valence electrons. The third-order valence-corrected chi connectivity index (χ3v) is 14.3. The van der Waals surface area contributed by atoms with E-state index in [0.29, 0.717) is 12.2 Å². The first-order chi connectivity index (χ1) is 38.9. The van der Waals surface area contributed by atoms with Crippen LogP contribution in [-0.4, -0.2) is 99.2 Å². The van der Waals surface area contributed by atoms with Crippen LogP contribution >= 0.6 is 0 Å². The van der Waals surface area contributed by atoms with Gasteiger partial charge in [0.1, 0.15) is 33.0 Å². The van der Waals surface area contributed by atoms with Crippen molar-refractivity contribution in [3.63, 3.8) is 0 Å². The summed E-state index contributed by atoms with van der Waals surface area (Å²) < 4.78 is 37.6. The first-order valence-corrected chi connectivity index (χ1v) is 26.7. The maximum atomic E-state index is 13.1. The Bertz CT molecular complexity index is 4060. The molecule has 6 aromatic heterocycles. The fraction of sp³-hybridized carbons (Fsp3) is 0.238. The molecular formula is C63H66F2N12O3. The van der Waals surface area contributed by atoms with Gasteiger partial charge in [-0.1, -0.05) is 135 Å². The number of para-hydroxylation sites is 4. The molecule has 0 spiro atoms. The van der Waals surface area contributed by atoms with Crippen molar-refractivity contribution in [3.8, 4) is 0 Å². The van der Waals surface area contributed by atoms with Crippen molar-refractivity contribution < 1.29 is 23.2 Å². The number of hydrogen-bond donors (Lipinski definition) is 0. The Labute approximate surface area is 463 Å². The molecule has 80 heavy (non-hydrogen) atoms. The molecule has 0 saturated heterocycles. The molecule has 0 saturated carbocycles. The van der Waals surface area contributed by atoms with Crippen molar-refractivity contribution in [2.75, 3.05) is 43.3 Å². The summed E-state index contributed by atoms with van der Waals surface area (Å²) in [6.45, 7) is 5.98. The lowest BCUT2D eigenvalue weighted by atomic mass is 10.2. The molecule has 0 N–H and O–H groups in total. The van der Waals surface area contributed by atoms with Crippen molar-refractivity contribution in [3.05, 3.63) is 187 Å². The van der Waals surface area contributed by atoms with Crippen LogP contribution in [0.1, 0.15) is 25.0 Å². The minimum absolute atomic E-state index is 0.0374. The van der Waals surface area contributed by atoms with Crippen molar-refractivity contribution in [2.45, 2.75) is 47.0 Å². The van der Waals surface area contributed by atoms with E-state index in [2.05, 4.69) is 27.4 Å². The average Bonchev–Trinajstić information content (AvgIpc) is 4.18. The number of halogens is 2. The number of amides is 3. The second-order valence-corrected chi connectivity index (χ2v) is 19.2. The van der Waals surface area contributed by atoms with E-state index in [0.717, 1.165) is 77.1 Å². The van der Waals surface area contributed by atoms with Crippen LogP contribution in [0.5, 0.6) is 0 Å². The molecular weight excluding hydrogens is 1010 g/mol. The van der Waals surface area contributed by atoms with Crippen LogP contribution in [0.2, 0.25) is 0 Å². The quantitative estimate of drug-likeness (QED) is 0.107. The zero-order valence-corrected chi connectivity index (χ0v) is 46.2. The average molecular weight is 1080 g/mol. The Morgan fingerprint density at radius 1 is 0.450 bits per heavy atom. The molecule has 3 amide bonds. The zero-order valence-electron chi connectivity index (χ0n) is 46.2. The van der Waals surface area contributed by atoms with E-state index >= 15 is 0 Å². The van der Waals surface area contributed by atoms with Gasteiger partial charge in [-0.3, -0.25) is 28.4 Å². The highest BCUT2D eigenvalue weighted by atomic mass is 19.1. The summed E-state index contributed by atoms with van der Waals surface area (Å²) >= 11 is 0. The lowest BCUT2D eigenvalue weighted by Crippen LogP contribution is -2.35. The van der Waals surface area contributed by atoms with Gasteiger partial charge in [0.05, 0.1) is 74.8 Å². The Kier molecular flexibility index (Phi) is 17.3. The van der Waals surface area contributed by atoms with E-state index in [1.54, 1.807) is 22.2 Å². The topological polar surface area (TPSA) is 129 Å². The molecule has 0 aliphatic heterocycles. The summed E-state index contributed by atoms with van der Waals surface area (Å²) in [6, 6.07) is 50.9. The minimum Gasteiger partial charge on any atom is -0.334 e. The van der Waals surface area contributed by atoms with Crippen LogP contribution in [0.15, 0.2) is 176 Å². The molecule has 6 aromatic carbocycles. The molecule has 0 fully saturated rings. The Morgan fingerprint density at radius 2 is 0.838 bits per heavy atom. The fourth-order valence-electron chi connectivity index (χ4n) is 10.3. The fourth-order valence-corrected chi connectivity index (χ4v) is 10.3. The standard InChI is InChI=1S/C21H21FN4O.C20H19FN4O.C20H20N4O.C2H6/c1-24-21-17-9-5-6-10-18(17)26(19(21)13-23-24)15-20(27)25(12-11-22)14-16-7-3-2-4-8-16;1-23-20-16-9-5-6-10-17(16)25(18(20)13-22-23)14-19(26)24(12-11-21)15-7-3-2-4-8-15;1-14-8-10-15(11-9-14)22(2)19(25)13-24-17-7-5-4-6-16(17)20-18(24)12-21-23(20)3;1-2/h2-10,13H,11-12,14-15H2,1H3;2-10,13H,11-12,14H2,1H3;4-12H,13H2,1-3H3;1-2H3. The number of hydrogen-bond acceptors (Lipinski definition) is 6. The highest BCUT2D eigenvalue weighted by molar-refractivity contribution is 6.09. The van der Waals surface area contributed by atoms with Crippen LogP contribution in [-0.2, 0) is 61.7 Å². The van der Waals surface area contributed by atoms with Crippen molar-refractivity contribution in [1.29, 1.82) is 0 Å². The molecule has 12 aromatic rings. The predicted octanol–water partition coefficient (Wildman–Crippen LogP) is 11.6. The monoisotopic (exact) mass is 1080 g/mol. The van der Waals surface area contributed by atoms with E-state index in [1.807, 2.05) is 228 Å². The number of alkyl halides is 2. The van der Waals surface area contributed by atoms with Crippen LogP contribution < -0.4 is 9.80 Å². The normalized spacial score (nSPS) is 11.1. The largest absolute Gasteiger partial charge is 0.334 e. The number of rotatable bonds is 14. The van der Waals surface area contributed by atoms with E-state index < -0.39 is 13.3 Å². The van der Waals surface area contributed by atoms with Gasteiger partial charge in [0.15, 0.2) is 0 Å². The van der Waals surface area contributed by atoms with Gasteiger partial charge >= 0.3 is 0 Å². The number of fused-ring (bicyclic) bond motifs is 9. The SMILES string of the molecule is CC.Cc1ccc(N(C)C(=O)Cn2c3ccccc3c3c2cnn3C)cc1.Cn1ncc2c1c1ccccc1n2CC(=O)N(CCF)Cc1ccccc1.Cn1ncc2c1c1ccccc1n2CC(=O)N(CCF)c1ccccc1. The zero-order chi connectivity index (χ0) is 56.5. The lowest BCUT2D eigenvalue weighted by molar-refractivity contribution is -0.132. The molecule has 12 rings (SSSR count). The summed E-state index contributed by atoms with van der Waals surface area (Å²) in [5, 5.41) is 16.2. The van der Waals surface area contributed by atoms with Crippen LogP contribution in [0, 0.1) is 6.92 Å². The second-order valence-electron chi connectivity index (χ2n) is 19.2. The number of aryl methyl sites for hydroxylation is 4. The molecule has 0 atom stereocenters. The van der Waals surface area contributed by atoms with Gasteiger partial charge in [-0.15, -0.1) is 0 Å². The summed E-state index contributed by atoms with van der Waals surface area (Å²) in [6.07, 6.45) is 5.37. The number of carbonyl (C=O) groups is 3. The molecule has 0 bridgehead atoms. The maximum Gasteiger partial charge on any atom is 0.247 e. The van der Waals surface area contributed by atoms with Crippen molar-refractivity contribution >= 4 is 94.9 Å². The van der Waals surface area contributed by atoms with Gasteiger partial charge in [0.2, 0.25) is 17.7 Å². The van der Waals surface area contributed by atoms with Gasteiger partial charge < -0.3 is 28.4 Å². The molecule has 0 aliphatic carbocycles. The van der Waals surface area contributed by atoms with E-state index in [9.17, 15) is 23.2 Å². The summed E-state index contributed by atoms with van der Waals surface area (Å²) in [4.78, 5) is 43.7. The summed E-state index contributed by atoms with van der Waals surface area (Å²) in [7, 11) is 7.53. The Balaban J connectivity index is 0.000000143. The minimum atomic E-state index is -0.588. The van der Waals surface area contributed by atoms with Crippen LogP contribution in [0.3, 0.4) is 0 Å².